The molecule has 1 aliphatic rings. The highest BCUT2D eigenvalue weighted by atomic mass is 16.5. The van der Waals surface area contributed by atoms with E-state index in [9.17, 15) is 9.90 Å². The van der Waals surface area contributed by atoms with Crippen molar-refractivity contribution in [2.45, 2.75) is 32.5 Å². The van der Waals surface area contributed by atoms with Crippen molar-refractivity contribution in [3.8, 4) is 5.75 Å². The summed E-state index contributed by atoms with van der Waals surface area (Å²) in [6, 6.07) is 15.8. The number of anilines is 1. The molecular formula is C25H35N3O3. The fourth-order valence-electron chi connectivity index (χ4n) is 4.06. The zero-order valence-corrected chi connectivity index (χ0v) is 19.3. The standard InChI is InChI=1S/C25H35N3O3/c1-18-14-28(19(2)17-29)25(30)21-12-9-13-22(26(3)4)24(21)31-23(18)16-27(5)15-20-10-7-6-8-11-20/h6-13,18-19,23,29H,14-17H2,1-5H3/t18-,19+,23+/m0/s1. The molecule has 168 valence electrons. The Bertz CT molecular complexity index is 872. The van der Waals surface area contributed by atoms with Crippen LogP contribution in [0.15, 0.2) is 48.5 Å². The minimum absolute atomic E-state index is 0.0689. The SMILES string of the molecule is C[C@H](CO)N1C[C@H](C)[C@@H](CN(C)Cc2ccccc2)Oc2c(cccc2N(C)C)C1=O. The Hall–Kier alpha value is -2.57. The molecule has 0 spiro atoms. The molecule has 3 rings (SSSR count). The van der Waals surface area contributed by atoms with Crippen molar-refractivity contribution in [2.24, 2.45) is 5.92 Å². The Kier molecular flexibility index (Phi) is 7.57. The predicted molar refractivity (Wildman–Crippen MR) is 125 cm³/mol. The third-order valence-electron chi connectivity index (χ3n) is 5.94. The Morgan fingerprint density at radius 1 is 1.13 bits per heavy atom. The van der Waals surface area contributed by atoms with E-state index in [1.54, 1.807) is 4.90 Å². The first-order valence-electron chi connectivity index (χ1n) is 10.9. The highest BCUT2D eigenvalue weighted by Gasteiger charge is 2.34. The zero-order valence-electron chi connectivity index (χ0n) is 19.3. The van der Waals surface area contributed by atoms with Crippen LogP contribution in [0, 0.1) is 5.92 Å². The molecule has 6 nitrogen and oxygen atoms in total. The van der Waals surface area contributed by atoms with Gasteiger partial charge in [-0.05, 0) is 31.7 Å². The number of hydrogen-bond acceptors (Lipinski definition) is 5. The van der Waals surface area contributed by atoms with Gasteiger partial charge in [0.15, 0.2) is 5.75 Å². The second-order valence-corrected chi connectivity index (χ2v) is 8.85. The minimum Gasteiger partial charge on any atom is -0.486 e. The average Bonchev–Trinajstić information content (AvgIpc) is 2.75. The smallest absolute Gasteiger partial charge is 0.258 e. The van der Waals surface area contributed by atoms with Gasteiger partial charge in [0.05, 0.1) is 23.9 Å². The summed E-state index contributed by atoms with van der Waals surface area (Å²) >= 11 is 0. The number of amides is 1. The summed E-state index contributed by atoms with van der Waals surface area (Å²) in [5.74, 6) is 0.625. The van der Waals surface area contributed by atoms with Crippen molar-refractivity contribution in [1.29, 1.82) is 0 Å². The van der Waals surface area contributed by atoms with Crippen LogP contribution < -0.4 is 9.64 Å². The van der Waals surface area contributed by atoms with Gasteiger partial charge in [0.2, 0.25) is 0 Å². The number of aliphatic hydroxyl groups is 1. The number of fused-ring (bicyclic) bond motifs is 1. The topological polar surface area (TPSA) is 56.2 Å². The van der Waals surface area contributed by atoms with E-state index in [2.05, 4.69) is 43.1 Å². The number of likely N-dealkylation sites (N-methyl/N-ethyl adjacent to an activating group) is 1. The van der Waals surface area contributed by atoms with E-state index < -0.39 is 0 Å². The molecular weight excluding hydrogens is 390 g/mol. The Labute approximate surface area is 186 Å². The van der Waals surface area contributed by atoms with Crippen LogP contribution in [0.5, 0.6) is 5.75 Å². The van der Waals surface area contributed by atoms with E-state index in [1.807, 2.05) is 50.2 Å². The molecule has 3 atom stereocenters. The van der Waals surface area contributed by atoms with E-state index >= 15 is 0 Å². The number of hydrogen-bond donors (Lipinski definition) is 1. The van der Waals surface area contributed by atoms with Crippen LogP contribution in [0.25, 0.3) is 0 Å². The molecule has 0 unspecified atom stereocenters. The number of nitrogens with zero attached hydrogens (tertiary/aromatic N) is 3. The van der Waals surface area contributed by atoms with Crippen LogP contribution in [0.4, 0.5) is 5.69 Å². The monoisotopic (exact) mass is 425 g/mol. The third kappa shape index (κ3) is 5.38. The summed E-state index contributed by atoms with van der Waals surface area (Å²) in [5, 5.41) is 9.78. The average molecular weight is 426 g/mol. The van der Waals surface area contributed by atoms with E-state index in [-0.39, 0.29) is 30.6 Å². The summed E-state index contributed by atoms with van der Waals surface area (Å²) < 4.78 is 6.59. The van der Waals surface area contributed by atoms with Crippen LogP contribution in [0.2, 0.25) is 0 Å². The number of benzene rings is 2. The molecule has 1 heterocycles. The summed E-state index contributed by atoms with van der Waals surface area (Å²) in [6.45, 7) is 6.03. The molecule has 0 fully saturated rings. The van der Waals surface area contributed by atoms with Gasteiger partial charge in [-0.1, -0.05) is 43.3 Å². The second-order valence-electron chi connectivity index (χ2n) is 8.85. The van der Waals surface area contributed by atoms with Crippen LogP contribution in [-0.4, -0.2) is 73.8 Å². The Morgan fingerprint density at radius 2 is 1.84 bits per heavy atom. The van der Waals surface area contributed by atoms with Crippen LogP contribution in [-0.2, 0) is 6.54 Å². The Morgan fingerprint density at radius 3 is 2.48 bits per heavy atom. The van der Waals surface area contributed by atoms with Gasteiger partial charge < -0.3 is 19.6 Å². The lowest BCUT2D eigenvalue weighted by Gasteiger charge is -2.39. The zero-order chi connectivity index (χ0) is 22.5. The molecule has 6 heteroatoms. The summed E-state index contributed by atoms with van der Waals surface area (Å²) in [7, 11) is 6.01. The maximum atomic E-state index is 13.4. The van der Waals surface area contributed by atoms with Crippen LogP contribution in [0.1, 0.15) is 29.8 Å². The van der Waals surface area contributed by atoms with E-state index in [0.717, 1.165) is 18.8 Å². The summed E-state index contributed by atoms with van der Waals surface area (Å²) in [5.41, 5.74) is 2.69. The van der Waals surface area contributed by atoms with E-state index in [0.29, 0.717) is 17.9 Å². The molecule has 0 aromatic heterocycles. The predicted octanol–water partition coefficient (Wildman–Crippen LogP) is 3.10. The van der Waals surface area contributed by atoms with E-state index in [4.69, 9.17) is 4.74 Å². The fraction of sp³-hybridized carbons (Fsp3) is 0.480. The lowest BCUT2D eigenvalue weighted by molar-refractivity contribution is 0.0343. The highest BCUT2D eigenvalue weighted by Crippen LogP contribution is 2.36. The molecule has 0 saturated carbocycles. The van der Waals surface area contributed by atoms with Crippen LogP contribution >= 0.6 is 0 Å². The number of rotatable bonds is 7. The minimum atomic E-state index is -0.258. The van der Waals surface area contributed by atoms with Crippen molar-refractivity contribution < 1.29 is 14.6 Å². The normalized spacial score (nSPS) is 20.0. The third-order valence-corrected chi connectivity index (χ3v) is 5.94. The van der Waals surface area contributed by atoms with Gasteiger partial charge in [0.1, 0.15) is 6.10 Å². The molecule has 2 aromatic rings. The molecule has 31 heavy (non-hydrogen) atoms. The molecule has 1 amide bonds. The van der Waals surface area contributed by atoms with Crippen molar-refractivity contribution in [2.75, 3.05) is 45.7 Å². The number of aliphatic hydroxyl groups excluding tert-OH is 1. The number of carbonyl (C=O) groups is 1. The highest BCUT2D eigenvalue weighted by molar-refractivity contribution is 5.99. The molecule has 0 aliphatic carbocycles. The van der Waals surface area contributed by atoms with Gasteiger partial charge in [0, 0.05) is 39.6 Å². The quantitative estimate of drug-likeness (QED) is 0.739. The van der Waals surface area contributed by atoms with Gasteiger partial charge in [-0.15, -0.1) is 0 Å². The maximum absolute atomic E-state index is 13.4. The maximum Gasteiger partial charge on any atom is 0.258 e. The molecule has 0 radical (unpaired) electrons. The van der Waals surface area contributed by atoms with Crippen molar-refractivity contribution in [3.05, 3.63) is 59.7 Å². The van der Waals surface area contributed by atoms with Gasteiger partial charge in [-0.25, -0.2) is 0 Å². The first kappa shape index (κ1) is 23.1. The summed E-state index contributed by atoms with van der Waals surface area (Å²) in [4.78, 5) is 19.4. The molecule has 0 bridgehead atoms. The number of ether oxygens (including phenoxy) is 1. The molecule has 1 aliphatic heterocycles. The largest absolute Gasteiger partial charge is 0.486 e. The van der Waals surface area contributed by atoms with Crippen molar-refractivity contribution >= 4 is 11.6 Å². The summed E-state index contributed by atoms with van der Waals surface area (Å²) in [6.07, 6.45) is -0.102. The second kappa shape index (κ2) is 10.2. The lowest BCUT2D eigenvalue weighted by Crippen LogP contribution is -2.49. The molecule has 0 saturated heterocycles. The van der Waals surface area contributed by atoms with Gasteiger partial charge in [0.25, 0.3) is 5.91 Å². The number of carbonyl (C=O) groups excluding carboxylic acids is 1. The van der Waals surface area contributed by atoms with Crippen molar-refractivity contribution in [1.82, 2.24) is 9.80 Å². The number of para-hydroxylation sites is 1. The lowest BCUT2D eigenvalue weighted by atomic mass is 9.98. The Balaban J connectivity index is 1.94. The molecule has 1 N–H and O–H groups in total. The van der Waals surface area contributed by atoms with Crippen LogP contribution in [0.3, 0.4) is 0 Å². The van der Waals surface area contributed by atoms with Crippen molar-refractivity contribution in [3.63, 3.8) is 0 Å². The first-order chi connectivity index (χ1) is 14.8. The van der Waals surface area contributed by atoms with E-state index in [1.165, 1.54) is 5.56 Å². The van der Waals surface area contributed by atoms with Gasteiger partial charge in [-0.3, -0.25) is 9.69 Å². The fourth-order valence-corrected chi connectivity index (χ4v) is 4.06. The molecule has 2 aromatic carbocycles. The van der Waals surface area contributed by atoms with Gasteiger partial charge in [-0.2, -0.15) is 0 Å². The van der Waals surface area contributed by atoms with Gasteiger partial charge >= 0.3 is 0 Å². The first-order valence-corrected chi connectivity index (χ1v) is 10.9.